The van der Waals surface area contributed by atoms with Crippen molar-refractivity contribution < 1.29 is 9.53 Å². The topological polar surface area (TPSA) is 26.3 Å². The minimum atomic E-state index is -0.845. The maximum absolute atomic E-state index is 11.7. The third-order valence-electron chi connectivity index (χ3n) is 2.19. The first-order valence-electron chi connectivity index (χ1n) is 5.04. The Kier molecular flexibility index (Phi) is 4.13. The van der Waals surface area contributed by atoms with Crippen molar-refractivity contribution in [1.29, 1.82) is 0 Å². The van der Waals surface area contributed by atoms with Crippen molar-refractivity contribution in [2.24, 2.45) is 0 Å². The van der Waals surface area contributed by atoms with Crippen molar-refractivity contribution in [2.75, 3.05) is 0 Å². The average Bonchev–Trinajstić information content (AvgIpc) is 2.21. The van der Waals surface area contributed by atoms with E-state index in [4.69, 9.17) is 16.3 Å². The first-order chi connectivity index (χ1) is 7.45. The van der Waals surface area contributed by atoms with Crippen molar-refractivity contribution in [1.82, 2.24) is 0 Å². The summed E-state index contributed by atoms with van der Waals surface area (Å²) in [6.45, 7) is 7.03. The number of halogens is 1. The van der Waals surface area contributed by atoms with Gasteiger partial charge in [0.2, 0.25) is 0 Å². The molecule has 0 spiro atoms. The molecule has 0 bridgehead atoms. The molecule has 2 nitrogen and oxygen atoms in total. The fourth-order valence-electron chi connectivity index (χ4n) is 1.23. The molecule has 1 rings (SSSR count). The van der Waals surface area contributed by atoms with Crippen LogP contribution in [0.4, 0.5) is 0 Å². The van der Waals surface area contributed by atoms with Crippen LogP contribution < -0.4 is 4.74 Å². The SMILES string of the molecule is C=CCC(=O)C(C)(C)Oc1ccc(Cl)cc1. The Balaban J connectivity index is 2.75. The normalized spacial score (nSPS) is 10.9. The lowest BCUT2D eigenvalue weighted by atomic mass is 10.0. The van der Waals surface area contributed by atoms with Crippen LogP contribution in [0.1, 0.15) is 20.3 Å². The van der Waals surface area contributed by atoms with E-state index in [0.29, 0.717) is 17.2 Å². The number of carbonyl (C=O) groups is 1. The van der Waals surface area contributed by atoms with Gasteiger partial charge in [0.1, 0.15) is 5.75 Å². The average molecular weight is 239 g/mol. The van der Waals surface area contributed by atoms with Crippen molar-refractivity contribution >= 4 is 17.4 Å². The number of ketones is 1. The number of hydrogen-bond acceptors (Lipinski definition) is 2. The van der Waals surface area contributed by atoms with Crippen molar-refractivity contribution in [3.05, 3.63) is 41.9 Å². The van der Waals surface area contributed by atoms with Crippen LogP contribution in [0.3, 0.4) is 0 Å². The molecule has 0 atom stereocenters. The molecule has 0 saturated heterocycles. The summed E-state index contributed by atoms with van der Waals surface area (Å²) in [5.41, 5.74) is -0.845. The molecule has 0 radical (unpaired) electrons. The second-order valence-corrected chi connectivity index (χ2v) is 4.42. The fourth-order valence-corrected chi connectivity index (χ4v) is 1.36. The standard InChI is InChI=1S/C13H15ClO2/c1-4-5-12(15)13(2,3)16-11-8-6-10(14)7-9-11/h4,6-9H,1,5H2,2-3H3. The summed E-state index contributed by atoms with van der Waals surface area (Å²) in [5.74, 6) is 0.629. The van der Waals surface area contributed by atoms with E-state index in [1.807, 2.05) is 0 Å². The van der Waals surface area contributed by atoms with E-state index in [1.165, 1.54) is 0 Å². The third kappa shape index (κ3) is 3.38. The van der Waals surface area contributed by atoms with Gasteiger partial charge < -0.3 is 4.74 Å². The van der Waals surface area contributed by atoms with Crippen LogP contribution in [0.15, 0.2) is 36.9 Å². The molecule has 0 saturated carbocycles. The summed E-state index contributed by atoms with van der Waals surface area (Å²) < 4.78 is 5.62. The lowest BCUT2D eigenvalue weighted by Crippen LogP contribution is -2.37. The minimum absolute atomic E-state index is 0.00236. The zero-order valence-corrected chi connectivity index (χ0v) is 10.3. The second kappa shape index (κ2) is 5.17. The molecule has 1 aromatic carbocycles. The highest BCUT2D eigenvalue weighted by Crippen LogP contribution is 2.22. The zero-order valence-electron chi connectivity index (χ0n) is 9.50. The van der Waals surface area contributed by atoms with Gasteiger partial charge in [-0.2, -0.15) is 0 Å². The highest BCUT2D eigenvalue weighted by Gasteiger charge is 2.28. The molecule has 0 unspecified atom stereocenters. The highest BCUT2D eigenvalue weighted by atomic mass is 35.5. The second-order valence-electron chi connectivity index (χ2n) is 3.98. The lowest BCUT2D eigenvalue weighted by molar-refractivity contribution is -0.130. The van der Waals surface area contributed by atoms with Gasteiger partial charge in [0.25, 0.3) is 0 Å². The smallest absolute Gasteiger partial charge is 0.179 e. The Hall–Kier alpha value is -1.28. The molecular weight excluding hydrogens is 224 g/mol. The van der Waals surface area contributed by atoms with E-state index in [9.17, 15) is 4.79 Å². The Morgan fingerprint density at radius 1 is 1.44 bits per heavy atom. The largest absolute Gasteiger partial charge is 0.480 e. The van der Waals surface area contributed by atoms with Gasteiger partial charge in [-0.3, -0.25) is 4.79 Å². The summed E-state index contributed by atoms with van der Waals surface area (Å²) >= 11 is 5.76. The Labute approximate surface area is 101 Å². The molecule has 0 N–H and O–H groups in total. The minimum Gasteiger partial charge on any atom is -0.480 e. The summed E-state index contributed by atoms with van der Waals surface area (Å²) in [6.07, 6.45) is 1.88. The quantitative estimate of drug-likeness (QED) is 0.732. The van der Waals surface area contributed by atoms with Crippen LogP contribution in [0.25, 0.3) is 0 Å². The van der Waals surface area contributed by atoms with Gasteiger partial charge in [-0.15, -0.1) is 6.58 Å². The molecule has 3 heteroatoms. The number of ether oxygens (including phenoxy) is 1. The van der Waals surface area contributed by atoms with E-state index >= 15 is 0 Å². The van der Waals surface area contributed by atoms with Crippen LogP contribution in [-0.2, 0) is 4.79 Å². The van der Waals surface area contributed by atoms with Crippen LogP contribution >= 0.6 is 11.6 Å². The summed E-state index contributed by atoms with van der Waals surface area (Å²) in [6, 6.07) is 6.94. The molecule has 1 aromatic rings. The van der Waals surface area contributed by atoms with E-state index in [1.54, 1.807) is 44.2 Å². The molecule has 0 fully saturated rings. The highest BCUT2D eigenvalue weighted by molar-refractivity contribution is 6.30. The summed E-state index contributed by atoms with van der Waals surface area (Å²) in [5, 5.41) is 0.641. The summed E-state index contributed by atoms with van der Waals surface area (Å²) in [4.78, 5) is 11.7. The van der Waals surface area contributed by atoms with Crippen LogP contribution in [0.5, 0.6) is 5.75 Å². The maximum Gasteiger partial charge on any atom is 0.179 e. The molecule has 16 heavy (non-hydrogen) atoms. The van der Waals surface area contributed by atoms with E-state index < -0.39 is 5.60 Å². The van der Waals surface area contributed by atoms with Crippen LogP contribution in [0.2, 0.25) is 5.02 Å². The molecule has 0 aliphatic heterocycles. The first-order valence-corrected chi connectivity index (χ1v) is 5.42. The van der Waals surface area contributed by atoms with E-state index in [-0.39, 0.29) is 5.78 Å². The van der Waals surface area contributed by atoms with Crippen molar-refractivity contribution in [3.63, 3.8) is 0 Å². The molecular formula is C13H15ClO2. The van der Waals surface area contributed by atoms with Gasteiger partial charge in [-0.05, 0) is 38.1 Å². The number of allylic oxidation sites excluding steroid dienone is 1. The Bertz CT molecular complexity index is 379. The predicted octanol–water partition coefficient (Wildman–Crippen LogP) is 3.64. The lowest BCUT2D eigenvalue weighted by Gasteiger charge is -2.24. The number of Topliss-reactive ketones (excluding diaryl/α,β-unsaturated/α-hetero) is 1. The number of hydrogen-bond donors (Lipinski definition) is 0. The molecule has 0 aromatic heterocycles. The van der Waals surface area contributed by atoms with Gasteiger partial charge >= 0.3 is 0 Å². The number of carbonyl (C=O) groups excluding carboxylic acids is 1. The molecule has 0 aliphatic rings. The van der Waals surface area contributed by atoms with Crippen molar-refractivity contribution in [2.45, 2.75) is 25.9 Å². The Morgan fingerprint density at radius 2 is 2.00 bits per heavy atom. The van der Waals surface area contributed by atoms with Gasteiger partial charge in [-0.1, -0.05) is 17.7 Å². The van der Waals surface area contributed by atoms with Crippen LogP contribution in [-0.4, -0.2) is 11.4 Å². The maximum atomic E-state index is 11.7. The predicted molar refractivity (Wildman–Crippen MR) is 66.0 cm³/mol. The van der Waals surface area contributed by atoms with E-state index in [2.05, 4.69) is 6.58 Å². The Morgan fingerprint density at radius 3 is 2.50 bits per heavy atom. The third-order valence-corrected chi connectivity index (χ3v) is 2.44. The first kappa shape index (κ1) is 12.8. The molecule has 0 heterocycles. The monoisotopic (exact) mass is 238 g/mol. The number of rotatable bonds is 5. The van der Waals surface area contributed by atoms with Gasteiger partial charge in [0.05, 0.1) is 0 Å². The van der Waals surface area contributed by atoms with Crippen molar-refractivity contribution in [3.8, 4) is 5.75 Å². The summed E-state index contributed by atoms with van der Waals surface area (Å²) in [7, 11) is 0. The van der Waals surface area contributed by atoms with Crippen LogP contribution in [0, 0.1) is 0 Å². The fraction of sp³-hybridized carbons (Fsp3) is 0.308. The van der Waals surface area contributed by atoms with Gasteiger partial charge in [-0.25, -0.2) is 0 Å². The zero-order chi connectivity index (χ0) is 12.2. The molecule has 0 amide bonds. The van der Waals surface area contributed by atoms with Gasteiger partial charge in [0, 0.05) is 11.4 Å². The van der Waals surface area contributed by atoms with E-state index in [0.717, 1.165) is 0 Å². The molecule has 0 aliphatic carbocycles. The molecule has 86 valence electrons. The van der Waals surface area contributed by atoms with Gasteiger partial charge in [0.15, 0.2) is 11.4 Å². The number of benzene rings is 1.